The smallest absolute Gasteiger partial charge is 0.111 e. The number of nitrogens with zero attached hydrogens (tertiary/aromatic N) is 2. The molecule has 0 unspecified atom stereocenters. The van der Waals surface area contributed by atoms with Crippen LogP contribution in [-0.2, 0) is 12.0 Å². The highest BCUT2D eigenvalue weighted by atomic mass is 35.5. The van der Waals surface area contributed by atoms with Gasteiger partial charge < -0.3 is 4.57 Å². The van der Waals surface area contributed by atoms with Gasteiger partial charge in [0.25, 0.3) is 0 Å². The number of rotatable bonds is 3. The maximum absolute atomic E-state index is 5.97. The highest BCUT2D eigenvalue weighted by Crippen LogP contribution is 2.40. The first kappa shape index (κ1) is 13.0. The Kier molecular flexibility index (Phi) is 3.30. The summed E-state index contributed by atoms with van der Waals surface area (Å²) in [6.07, 6.45) is 6.00. The Balaban J connectivity index is 2.27. The molecule has 1 fully saturated rings. The first-order valence-electron chi connectivity index (χ1n) is 7.19. The van der Waals surface area contributed by atoms with Crippen LogP contribution in [0, 0.1) is 6.92 Å². The van der Waals surface area contributed by atoms with Crippen molar-refractivity contribution in [3.8, 4) is 0 Å². The van der Waals surface area contributed by atoms with Crippen LogP contribution < -0.4 is 0 Å². The largest absolute Gasteiger partial charge is 0.322 e. The van der Waals surface area contributed by atoms with Gasteiger partial charge in [0.05, 0.1) is 11.0 Å². The lowest BCUT2D eigenvalue weighted by Gasteiger charge is -2.29. The van der Waals surface area contributed by atoms with Gasteiger partial charge in [0.1, 0.15) is 5.82 Å². The van der Waals surface area contributed by atoms with Crippen LogP contribution >= 0.6 is 11.6 Å². The Labute approximate surface area is 119 Å². The predicted molar refractivity (Wildman–Crippen MR) is 81.0 cm³/mol. The van der Waals surface area contributed by atoms with Gasteiger partial charge >= 0.3 is 0 Å². The molecule has 3 rings (SSSR count). The van der Waals surface area contributed by atoms with Crippen molar-refractivity contribution in [2.45, 2.75) is 51.5 Å². The lowest BCUT2D eigenvalue weighted by molar-refractivity contribution is 0.329. The van der Waals surface area contributed by atoms with Gasteiger partial charge in [-0.1, -0.05) is 25.0 Å². The molecule has 1 aromatic carbocycles. The molecule has 0 bridgehead atoms. The highest BCUT2D eigenvalue weighted by Gasteiger charge is 2.34. The second-order valence-corrected chi connectivity index (χ2v) is 6.33. The van der Waals surface area contributed by atoms with Crippen LogP contribution in [0.5, 0.6) is 0 Å². The minimum absolute atomic E-state index is 0.224. The highest BCUT2D eigenvalue weighted by molar-refractivity contribution is 6.17. The fourth-order valence-electron chi connectivity index (χ4n) is 3.54. The second kappa shape index (κ2) is 4.82. The van der Waals surface area contributed by atoms with E-state index in [4.69, 9.17) is 16.6 Å². The van der Waals surface area contributed by atoms with Gasteiger partial charge in [0.15, 0.2) is 0 Å². The third kappa shape index (κ3) is 2.06. The molecule has 0 spiro atoms. The number of alkyl halides is 1. The fraction of sp³-hybridized carbons (Fsp3) is 0.562. The van der Waals surface area contributed by atoms with Crippen molar-refractivity contribution >= 4 is 22.6 Å². The Morgan fingerprint density at radius 1 is 1.32 bits per heavy atom. The van der Waals surface area contributed by atoms with Crippen molar-refractivity contribution in [2.24, 2.45) is 0 Å². The number of fused-ring (bicyclic) bond motifs is 1. The minimum atomic E-state index is 0.224. The zero-order valence-corrected chi connectivity index (χ0v) is 12.5. The number of aryl methyl sites for hydroxylation is 2. The van der Waals surface area contributed by atoms with Crippen LogP contribution in [0.4, 0.5) is 0 Å². The Hall–Kier alpha value is -1.02. The molecule has 3 heteroatoms. The molecular weight excluding hydrogens is 256 g/mol. The normalized spacial score (nSPS) is 18.3. The van der Waals surface area contributed by atoms with Gasteiger partial charge in [-0.3, -0.25) is 0 Å². The van der Waals surface area contributed by atoms with Gasteiger partial charge in [-0.15, -0.1) is 11.6 Å². The summed E-state index contributed by atoms with van der Waals surface area (Å²) in [7, 11) is 0. The summed E-state index contributed by atoms with van der Waals surface area (Å²) in [5.41, 5.74) is 3.97. The van der Waals surface area contributed by atoms with Gasteiger partial charge in [0.2, 0.25) is 0 Å². The molecular formula is C16H21ClN2. The molecule has 1 aliphatic carbocycles. The lowest BCUT2D eigenvalue weighted by Crippen LogP contribution is -2.28. The van der Waals surface area contributed by atoms with Crippen LogP contribution in [0.1, 0.15) is 44.0 Å². The monoisotopic (exact) mass is 276 g/mol. The molecule has 1 heterocycles. The molecule has 0 radical (unpaired) electrons. The first-order chi connectivity index (χ1) is 9.15. The minimum Gasteiger partial charge on any atom is -0.322 e. The van der Waals surface area contributed by atoms with Gasteiger partial charge in [-0.25, -0.2) is 4.98 Å². The van der Waals surface area contributed by atoms with Crippen molar-refractivity contribution in [3.05, 3.63) is 29.6 Å². The van der Waals surface area contributed by atoms with Crippen LogP contribution in [0.25, 0.3) is 11.0 Å². The van der Waals surface area contributed by atoms with Crippen molar-refractivity contribution in [1.29, 1.82) is 0 Å². The number of para-hydroxylation sites is 1. The predicted octanol–water partition coefficient (Wildman–Crippen LogP) is 4.42. The fourth-order valence-corrected chi connectivity index (χ4v) is 3.71. The quantitative estimate of drug-likeness (QED) is 0.759. The van der Waals surface area contributed by atoms with Crippen LogP contribution in [0.3, 0.4) is 0 Å². The zero-order chi connectivity index (χ0) is 13.5. The molecule has 0 aliphatic heterocycles. The average Bonchev–Trinajstić information content (AvgIpc) is 2.95. The van der Waals surface area contributed by atoms with Crippen molar-refractivity contribution in [3.63, 3.8) is 0 Å². The average molecular weight is 277 g/mol. The maximum Gasteiger partial charge on any atom is 0.111 e. The summed E-state index contributed by atoms with van der Waals surface area (Å²) in [6.45, 7) is 4.56. The van der Waals surface area contributed by atoms with E-state index < -0.39 is 0 Å². The van der Waals surface area contributed by atoms with Crippen molar-refractivity contribution in [1.82, 2.24) is 9.55 Å². The van der Waals surface area contributed by atoms with E-state index in [9.17, 15) is 0 Å². The summed E-state index contributed by atoms with van der Waals surface area (Å²) in [4.78, 5) is 4.83. The van der Waals surface area contributed by atoms with E-state index in [1.807, 2.05) is 0 Å². The summed E-state index contributed by atoms with van der Waals surface area (Å²) < 4.78 is 2.49. The standard InChI is InChI=1S/C16H21ClN2/c1-12-6-5-7-13-15(12)19(14(18-13)8-11-17)16(2)9-3-4-10-16/h5-7H,3-4,8-11H2,1-2H3. The summed E-state index contributed by atoms with van der Waals surface area (Å²) in [6, 6.07) is 6.40. The molecule has 2 nitrogen and oxygen atoms in total. The van der Waals surface area contributed by atoms with Gasteiger partial charge in [0, 0.05) is 17.8 Å². The summed E-state index contributed by atoms with van der Waals surface area (Å²) in [5, 5.41) is 0. The molecule has 0 saturated heterocycles. The van der Waals surface area contributed by atoms with Crippen LogP contribution in [0.15, 0.2) is 18.2 Å². The molecule has 1 saturated carbocycles. The van der Waals surface area contributed by atoms with E-state index in [0.717, 1.165) is 17.8 Å². The van der Waals surface area contributed by atoms with E-state index in [-0.39, 0.29) is 5.54 Å². The van der Waals surface area contributed by atoms with Crippen molar-refractivity contribution in [2.75, 3.05) is 5.88 Å². The molecule has 2 aromatic rings. The summed E-state index contributed by atoms with van der Waals surface area (Å²) >= 11 is 5.97. The molecule has 0 atom stereocenters. The van der Waals surface area contributed by atoms with E-state index in [1.165, 1.54) is 36.8 Å². The SMILES string of the molecule is Cc1cccc2nc(CCCl)n(C3(C)CCCC3)c12. The topological polar surface area (TPSA) is 17.8 Å². The number of benzene rings is 1. The third-order valence-electron chi connectivity index (χ3n) is 4.49. The maximum atomic E-state index is 5.97. The molecule has 0 N–H and O–H groups in total. The summed E-state index contributed by atoms with van der Waals surface area (Å²) in [5.74, 6) is 1.79. The van der Waals surface area contributed by atoms with Gasteiger partial charge in [-0.05, 0) is 38.3 Å². The number of imidazole rings is 1. The molecule has 19 heavy (non-hydrogen) atoms. The van der Waals surface area contributed by atoms with E-state index in [2.05, 4.69) is 36.6 Å². The number of aromatic nitrogens is 2. The van der Waals surface area contributed by atoms with Crippen LogP contribution in [-0.4, -0.2) is 15.4 Å². The van der Waals surface area contributed by atoms with Gasteiger partial charge in [-0.2, -0.15) is 0 Å². The van der Waals surface area contributed by atoms with Crippen molar-refractivity contribution < 1.29 is 0 Å². The Bertz CT molecular complexity index is 594. The molecule has 102 valence electrons. The van der Waals surface area contributed by atoms with E-state index in [1.54, 1.807) is 0 Å². The number of hydrogen-bond acceptors (Lipinski definition) is 1. The van der Waals surface area contributed by atoms with E-state index in [0.29, 0.717) is 5.88 Å². The zero-order valence-electron chi connectivity index (χ0n) is 11.7. The lowest BCUT2D eigenvalue weighted by atomic mass is 9.99. The molecule has 0 amide bonds. The van der Waals surface area contributed by atoms with Crippen LogP contribution in [0.2, 0.25) is 0 Å². The third-order valence-corrected chi connectivity index (χ3v) is 4.68. The number of hydrogen-bond donors (Lipinski definition) is 0. The second-order valence-electron chi connectivity index (χ2n) is 5.95. The Morgan fingerprint density at radius 3 is 2.74 bits per heavy atom. The molecule has 1 aromatic heterocycles. The molecule has 1 aliphatic rings. The number of halogens is 1. The first-order valence-corrected chi connectivity index (χ1v) is 7.72. The van der Waals surface area contributed by atoms with E-state index >= 15 is 0 Å². The Morgan fingerprint density at radius 2 is 2.05 bits per heavy atom.